The normalized spacial score (nSPS) is 17.1. The first-order valence-corrected chi connectivity index (χ1v) is 11.7. The van der Waals surface area contributed by atoms with Gasteiger partial charge in [-0.05, 0) is 48.1 Å². The number of fused-ring (bicyclic) bond motifs is 2. The zero-order chi connectivity index (χ0) is 26.4. The van der Waals surface area contributed by atoms with Gasteiger partial charge in [-0.25, -0.2) is 14.5 Å². The zero-order valence-electron chi connectivity index (χ0n) is 20.3. The van der Waals surface area contributed by atoms with Crippen molar-refractivity contribution >= 4 is 16.6 Å². The van der Waals surface area contributed by atoms with Gasteiger partial charge >= 0.3 is 12.2 Å². The Morgan fingerprint density at radius 1 is 1.03 bits per heavy atom. The molecule has 1 fully saturated rings. The van der Waals surface area contributed by atoms with Crippen LogP contribution in [0.4, 0.5) is 13.2 Å². The van der Waals surface area contributed by atoms with Gasteiger partial charge in [0.2, 0.25) is 5.88 Å². The second-order valence-corrected chi connectivity index (χ2v) is 8.91. The zero-order valence-corrected chi connectivity index (χ0v) is 20.3. The van der Waals surface area contributed by atoms with E-state index in [1.807, 2.05) is 18.2 Å². The molecule has 12 heteroatoms. The molecule has 0 unspecified atom stereocenters. The fraction of sp³-hybridized carbons (Fsp3) is 0.269. The van der Waals surface area contributed by atoms with E-state index < -0.39 is 12.8 Å². The Hall–Kier alpha value is -4.48. The molecule has 38 heavy (non-hydrogen) atoms. The molecule has 1 saturated carbocycles. The van der Waals surface area contributed by atoms with E-state index in [1.165, 1.54) is 20.4 Å². The van der Waals surface area contributed by atoms with E-state index in [2.05, 4.69) is 25.0 Å². The first-order valence-electron chi connectivity index (χ1n) is 11.7. The van der Waals surface area contributed by atoms with Crippen molar-refractivity contribution in [2.75, 3.05) is 20.8 Å². The molecule has 0 bridgehead atoms. The summed E-state index contributed by atoms with van der Waals surface area (Å²) >= 11 is 0. The Kier molecular flexibility index (Phi) is 5.73. The highest BCUT2D eigenvalue weighted by atomic mass is 19.4. The summed E-state index contributed by atoms with van der Waals surface area (Å²) in [4.78, 5) is 17.2. The second kappa shape index (κ2) is 9.12. The number of rotatable bonds is 7. The number of imidazole rings is 1. The molecule has 4 heterocycles. The first-order chi connectivity index (χ1) is 18.3. The minimum Gasteiger partial charge on any atom is -0.482 e. The summed E-state index contributed by atoms with van der Waals surface area (Å²) in [6, 6.07) is 9.29. The van der Waals surface area contributed by atoms with Crippen molar-refractivity contribution in [3.63, 3.8) is 0 Å². The van der Waals surface area contributed by atoms with E-state index in [-0.39, 0.29) is 23.6 Å². The number of methoxy groups -OCH3 is 2. The summed E-state index contributed by atoms with van der Waals surface area (Å²) in [5.41, 5.74) is 4.10. The third-order valence-electron chi connectivity index (χ3n) is 6.47. The lowest BCUT2D eigenvalue weighted by Crippen LogP contribution is -2.19. The summed E-state index contributed by atoms with van der Waals surface area (Å²) in [5.74, 6) is 0.548. The van der Waals surface area contributed by atoms with Crippen LogP contribution in [-0.2, 0) is 0 Å². The number of nitrogens with zero attached hydrogens (tertiary/aromatic N) is 6. The maximum atomic E-state index is 12.9. The molecule has 0 aliphatic heterocycles. The summed E-state index contributed by atoms with van der Waals surface area (Å²) in [6.45, 7) is -1.38. The number of aromatic nitrogens is 6. The standard InChI is InChI=1S/C26H21F3N6O3/c1-36-24-19(12-32-25(33-24)37-2)20-11-18(23-31-6-7-35(23)34-20)17-10-16(17)15-8-14-4-3-5-30-22(14)21(9-15)38-13-26(27,28)29/h3-9,11-12,16-17H,10,13H2,1-2H3/t16-,17+/m1/s1. The van der Waals surface area contributed by atoms with Gasteiger partial charge in [-0.2, -0.15) is 23.3 Å². The quantitative estimate of drug-likeness (QED) is 0.296. The molecule has 0 saturated heterocycles. The summed E-state index contributed by atoms with van der Waals surface area (Å²) in [6.07, 6.45) is 2.87. The number of ether oxygens (including phenoxy) is 3. The number of hydrogen-bond acceptors (Lipinski definition) is 8. The molecule has 0 radical (unpaired) electrons. The van der Waals surface area contributed by atoms with Crippen LogP contribution in [0, 0.1) is 0 Å². The Balaban J connectivity index is 1.39. The Morgan fingerprint density at radius 3 is 2.68 bits per heavy atom. The molecular weight excluding hydrogens is 501 g/mol. The van der Waals surface area contributed by atoms with Crippen LogP contribution in [0.5, 0.6) is 17.6 Å². The van der Waals surface area contributed by atoms with Crippen molar-refractivity contribution in [3.05, 3.63) is 66.2 Å². The molecule has 1 aliphatic carbocycles. The second-order valence-electron chi connectivity index (χ2n) is 8.91. The molecule has 5 aromatic rings. The molecular formula is C26H21F3N6O3. The molecule has 194 valence electrons. The lowest BCUT2D eigenvalue weighted by atomic mass is 10.0. The van der Waals surface area contributed by atoms with Gasteiger partial charge in [0.15, 0.2) is 12.3 Å². The molecule has 0 spiro atoms. The van der Waals surface area contributed by atoms with Crippen LogP contribution >= 0.6 is 0 Å². The van der Waals surface area contributed by atoms with E-state index >= 15 is 0 Å². The Bertz CT molecular complexity index is 1660. The van der Waals surface area contributed by atoms with Crippen molar-refractivity contribution in [1.82, 2.24) is 29.5 Å². The number of hydrogen-bond donors (Lipinski definition) is 0. The SMILES string of the molecule is COc1ncc(-c2cc([C@H]3C[C@@H]3c3cc(OCC(F)(F)F)c4ncccc4c3)c3nccn3n2)c(OC)n1. The van der Waals surface area contributed by atoms with Crippen LogP contribution in [0.25, 0.3) is 27.8 Å². The highest BCUT2D eigenvalue weighted by molar-refractivity contribution is 5.85. The van der Waals surface area contributed by atoms with Gasteiger partial charge < -0.3 is 14.2 Å². The maximum Gasteiger partial charge on any atom is 0.422 e. The lowest BCUT2D eigenvalue weighted by molar-refractivity contribution is -0.153. The number of pyridine rings is 1. The fourth-order valence-electron chi connectivity index (χ4n) is 4.70. The van der Waals surface area contributed by atoms with Gasteiger partial charge in [0.25, 0.3) is 0 Å². The van der Waals surface area contributed by atoms with Crippen LogP contribution in [0.1, 0.15) is 29.4 Å². The van der Waals surface area contributed by atoms with Crippen molar-refractivity contribution in [2.24, 2.45) is 0 Å². The fourth-order valence-corrected chi connectivity index (χ4v) is 4.70. The van der Waals surface area contributed by atoms with E-state index in [0.717, 1.165) is 17.5 Å². The Morgan fingerprint density at radius 2 is 1.89 bits per heavy atom. The minimum atomic E-state index is -4.45. The van der Waals surface area contributed by atoms with Crippen molar-refractivity contribution < 1.29 is 27.4 Å². The number of benzene rings is 1. The first kappa shape index (κ1) is 23.9. The minimum absolute atomic E-state index is 0.0533. The molecule has 9 nitrogen and oxygen atoms in total. The van der Waals surface area contributed by atoms with Crippen LogP contribution < -0.4 is 14.2 Å². The molecule has 0 amide bonds. The van der Waals surface area contributed by atoms with E-state index in [4.69, 9.17) is 14.2 Å². The van der Waals surface area contributed by atoms with Gasteiger partial charge in [-0.1, -0.05) is 6.07 Å². The van der Waals surface area contributed by atoms with Gasteiger partial charge in [0.05, 0.1) is 25.5 Å². The highest BCUT2D eigenvalue weighted by Gasteiger charge is 2.42. The third kappa shape index (κ3) is 4.42. The molecule has 1 aromatic carbocycles. The van der Waals surface area contributed by atoms with Gasteiger partial charge in [-0.3, -0.25) is 4.98 Å². The number of halogens is 3. The Labute approximate surface area is 214 Å². The van der Waals surface area contributed by atoms with E-state index in [0.29, 0.717) is 33.7 Å². The van der Waals surface area contributed by atoms with Gasteiger partial charge in [0, 0.05) is 35.7 Å². The van der Waals surface area contributed by atoms with E-state index in [1.54, 1.807) is 35.2 Å². The largest absolute Gasteiger partial charge is 0.482 e. The summed E-state index contributed by atoms with van der Waals surface area (Å²) in [7, 11) is 2.98. The van der Waals surface area contributed by atoms with Crippen LogP contribution in [0.3, 0.4) is 0 Å². The van der Waals surface area contributed by atoms with Crippen LogP contribution in [-0.4, -0.2) is 56.6 Å². The van der Waals surface area contributed by atoms with Gasteiger partial charge in [-0.15, -0.1) is 0 Å². The summed E-state index contributed by atoms with van der Waals surface area (Å²) < 4.78 is 56.1. The topological polar surface area (TPSA) is 96.6 Å². The number of alkyl halides is 3. The summed E-state index contributed by atoms with van der Waals surface area (Å²) in [5, 5.41) is 5.38. The van der Waals surface area contributed by atoms with Crippen LogP contribution in [0.2, 0.25) is 0 Å². The molecule has 4 aromatic heterocycles. The molecule has 2 atom stereocenters. The van der Waals surface area contributed by atoms with Crippen molar-refractivity contribution in [1.29, 1.82) is 0 Å². The average Bonchev–Trinajstić information content (AvgIpc) is 3.58. The highest BCUT2D eigenvalue weighted by Crippen LogP contribution is 2.56. The smallest absolute Gasteiger partial charge is 0.422 e. The molecule has 6 rings (SSSR count). The van der Waals surface area contributed by atoms with Crippen molar-refractivity contribution in [3.8, 4) is 28.9 Å². The predicted molar refractivity (Wildman–Crippen MR) is 131 cm³/mol. The average molecular weight is 522 g/mol. The van der Waals surface area contributed by atoms with Crippen LogP contribution in [0.15, 0.2) is 55.1 Å². The van der Waals surface area contributed by atoms with E-state index in [9.17, 15) is 13.2 Å². The van der Waals surface area contributed by atoms with Gasteiger partial charge in [0.1, 0.15) is 11.3 Å². The molecule has 1 aliphatic rings. The lowest BCUT2D eigenvalue weighted by Gasteiger charge is -2.13. The molecule has 0 N–H and O–H groups in total. The van der Waals surface area contributed by atoms with Crippen molar-refractivity contribution in [2.45, 2.75) is 24.4 Å². The third-order valence-corrected chi connectivity index (χ3v) is 6.47. The monoisotopic (exact) mass is 522 g/mol. The maximum absolute atomic E-state index is 12.9. The predicted octanol–water partition coefficient (Wildman–Crippen LogP) is 4.96.